The maximum absolute atomic E-state index is 11.7. The molecule has 0 spiro atoms. The number of methoxy groups -OCH3 is 1. The van der Waals surface area contributed by atoms with Gasteiger partial charge < -0.3 is 4.74 Å². The maximum Gasteiger partial charge on any atom is 0.341 e. The molecule has 18 heavy (non-hydrogen) atoms. The molecular weight excluding hydrogens is 228 g/mol. The number of rotatable bonds is 4. The van der Waals surface area contributed by atoms with Gasteiger partial charge >= 0.3 is 5.97 Å². The zero-order valence-corrected chi connectivity index (χ0v) is 10.5. The Morgan fingerprint density at radius 3 is 2.72 bits per heavy atom. The van der Waals surface area contributed by atoms with Crippen molar-refractivity contribution in [3.8, 4) is 0 Å². The van der Waals surface area contributed by atoms with Gasteiger partial charge in [-0.15, -0.1) is 0 Å². The third-order valence-corrected chi connectivity index (χ3v) is 3.03. The quantitative estimate of drug-likeness (QED) is 0.841. The van der Waals surface area contributed by atoms with Crippen LogP contribution in [0.15, 0.2) is 36.5 Å². The Bertz CT molecular complexity index is 520. The Morgan fingerprint density at radius 1 is 1.39 bits per heavy atom. The van der Waals surface area contributed by atoms with E-state index in [1.165, 1.54) is 13.3 Å². The average Bonchev–Trinajstić information content (AvgIpc) is 2.89. The van der Waals surface area contributed by atoms with Crippen molar-refractivity contribution in [1.29, 1.82) is 0 Å². The number of carbonyl (C=O) groups excluding carboxylic acids is 1. The number of aromatic nitrogens is 2. The minimum absolute atomic E-state index is 0.128. The molecule has 2 rings (SSSR count). The molecule has 0 amide bonds. The van der Waals surface area contributed by atoms with E-state index in [2.05, 4.69) is 29.3 Å². The molecule has 0 aliphatic heterocycles. The first-order valence-corrected chi connectivity index (χ1v) is 5.94. The van der Waals surface area contributed by atoms with E-state index in [0.717, 1.165) is 17.7 Å². The minimum atomic E-state index is -0.354. The van der Waals surface area contributed by atoms with Gasteiger partial charge in [0.05, 0.1) is 19.0 Å². The predicted molar refractivity (Wildman–Crippen MR) is 68.5 cm³/mol. The topological polar surface area (TPSA) is 55.0 Å². The number of nitrogens with zero attached hydrogens (tertiary/aromatic N) is 1. The highest BCUT2D eigenvalue weighted by atomic mass is 16.5. The summed E-state index contributed by atoms with van der Waals surface area (Å²) in [6, 6.07) is 10.1. The molecule has 0 aliphatic carbocycles. The lowest BCUT2D eigenvalue weighted by atomic mass is 9.91. The summed E-state index contributed by atoms with van der Waals surface area (Å²) >= 11 is 0. The lowest BCUT2D eigenvalue weighted by molar-refractivity contribution is 0.0599. The zero-order valence-electron chi connectivity index (χ0n) is 10.5. The van der Waals surface area contributed by atoms with E-state index in [9.17, 15) is 4.79 Å². The largest absolute Gasteiger partial charge is 0.465 e. The monoisotopic (exact) mass is 244 g/mol. The molecule has 1 aromatic carbocycles. The number of H-pyrrole nitrogens is 1. The minimum Gasteiger partial charge on any atom is -0.465 e. The van der Waals surface area contributed by atoms with Gasteiger partial charge in [-0.2, -0.15) is 5.10 Å². The Labute approximate surface area is 106 Å². The molecule has 1 N–H and O–H groups in total. The van der Waals surface area contributed by atoms with Crippen LogP contribution in [0.3, 0.4) is 0 Å². The highest BCUT2D eigenvalue weighted by Crippen LogP contribution is 2.28. The summed E-state index contributed by atoms with van der Waals surface area (Å²) in [5.41, 5.74) is 2.48. The van der Waals surface area contributed by atoms with E-state index in [1.54, 1.807) is 0 Å². The van der Waals surface area contributed by atoms with Crippen LogP contribution in [-0.4, -0.2) is 23.3 Å². The molecular formula is C14H16N2O2. The lowest BCUT2D eigenvalue weighted by Crippen LogP contribution is -2.08. The van der Waals surface area contributed by atoms with E-state index in [-0.39, 0.29) is 11.9 Å². The molecule has 0 bridgehead atoms. The third-order valence-electron chi connectivity index (χ3n) is 3.03. The summed E-state index contributed by atoms with van der Waals surface area (Å²) < 4.78 is 4.77. The van der Waals surface area contributed by atoms with Crippen molar-refractivity contribution in [2.24, 2.45) is 0 Å². The van der Waals surface area contributed by atoms with Crippen LogP contribution in [0.25, 0.3) is 0 Å². The Kier molecular flexibility index (Phi) is 3.77. The van der Waals surface area contributed by atoms with Crippen LogP contribution in [0.4, 0.5) is 0 Å². The number of nitrogens with one attached hydrogen (secondary N) is 1. The first-order valence-electron chi connectivity index (χ1n) is 5.94. The second-order valence-electron chi connectivity index (χ2n) is 4.06. The van der Waals surface area contributed by atoms with Gasteiger partial charge in [-0.05, 0) is 12.0 Å². The van der Waals surface area contributed by atoms with Crippen molar-refractivity contribution in [3.05, 3.63) is 53.3 Å². The summed E-state index contributed by atoms with van der Waals surface area (Å²) in [5.74, 6) is -0.226. The second kappa shape index (κ2) is 5.49. The summed E-state index contributed by atoms with van der Waals surface area (Å²) in [6.45, 7) is 2.08. The molecule has 4 heteroatoms. The van der Waals surface area contributed by atoms with E-state index in [1.807, 2.05) is 18.2 Å². The number of esters is 1. The summed E-state index contributed by atoms with van der Waals surface area (Å²) in [4.78, 5) is 11.7. The van der Waals surface area contributed by atoms with Crippen LogP contribution < -0.4 is 0 Å². The number of hydrogen-bond donors (Lipinski definition) is 1. The Morgan fingerprint density at radius 2 is 2.11 bits per heavy atom. The van der Waals surface area contributed by atoms with Crippen LogP contribution in [0.1, 0.15) is 40.9 Å². The summed E-state index contributed by atoms with van der Waals surface area (Å²) in [7, 11) is 1.38. The van der Waals surface area contributed by atoms with Gasteiger partial charge in [-0.25, -0.2) is 4.79 Å². The molecule has 4 nitrogen and oxygen atoms in total. The van der Waals surface area contributed by atoms with E-state index in [4.69, 9.17) is 4.74 Å². The predicted octanol–water partition coefficient (Wildman–Crippen LogP) is 2.74. The smallest absolute Gasteiger partial charge is 0.341 e. The summed E-state index contributed by atoms with van der Waals surface area (Å²) in [6.07, 6.45) is 2.41. The SMILES string of the molecule is CCC(c1ccccc1)c1[nH]ncc1C(=O)OC. The second-order valence-corrected chi connectivity index (χ2v) is 4.06. The van der Waals surface area contributed by atoms with E-state index < -0.39 is 0 Å². The molecule has 1 unspecified atom stereocenters. The normalized spacial score (nSPS) is 12.1. The van der Waals surface area contributed by atoms with Gasteiger partial charge in [-0.3, -0.25) is 5.10 Å². The molecule has 0 aliphatic rings. The van der Waals surface area contributed by atoms with Crippen LogP contribution in [-0.2, 0) is 4.74 Å². The highest BCUT2D eigenvalue weighted by molar-refractivity contribution is 5.90. The number of benzene rings is 1. The molecule has 2 aromatic rings. The van der Waals surface area contributed by atoms with E-state index in [0.29, 0.717) is 5.56 Å². The van der Waals surface area contributed by atoms with Gasteiger partial charge in [0.15, 0.2) is 0 Å². The molecule has 0 radical (unpaired) electrons. The molecule has 1 aromatic heterocycles. The molecule has 1 atom stereocenters. The highest BCUT2D eigenvalue weighted by Gasteiger charge is 2.22. The van der Waals surface area contributed by atoms with Crippen LogP contribution >= 0.6 is 0 Å². The van der Waals surface area contributed by atoms with Crippen molar-refractivity contribution in [3.63, 3.8) is 0 Å². The van der Waals surface area contributed by atoms with Crippen LogP contribution in [0, 0.1) is 0 Å². The Hall–Kier alpha value is -2.10. The fourth-order valence-electron chi connectivity index (χ4n) is 2.13. The third kappa shape index (κ3) is 2.27. The fraction of sp³-hybridized carbons (Fsp3) is 0.286. The first kappa shape index (κ1) is 12.4. The van der Waals surface area contributed by atoms with Gasteiger partial charge in [0.25, 0.3) is 0 Å². The van der Waals surface area contributed by atoms with Crippen molar-refractivity contribution >= 4 is 5.97 Å². The van der Waals surface area contributed by atoms with Crippen molar-refractivity contribution in [2.75, 3.05) is 7.11 Å². The fourth-order valence-corrected chi connectivity index (χ4v) is 2.13. The van der Waals surface area contributed by atoms with Gasteiger partial charge in [0, 0.05) is 5.92 Å². The average molecular weight is 244 g/mol. The van der Waals surface area contributed by atoms with Crippen molar-refractivity contribution in [1.82, 2.24) is 10.2 Å². The van der Waals surface area contributed by atoms with Gasteiger partial charge in [0.1, 0.15) is 5.56 Å². The first-order chi connectivity index (χ1) is 8.77. The maximum atomic E-state index is 11.7. The Balaban J connectivity index is 2.40. The molecule has 1 heterocycles. The van der Waals surface area contributed by atoms with Crippen molar-refractivity contribution < 1.29 is 9.53 Å². The molecule has 0 saturated heterocycles. The van der Waals surface area contributed by atoms with Gasteiger partial charge in [-0.1, -0.05) is 37.3 Å². The zero-order chi connectivity index (χ0) is 13.0. The number of hydrogen-bond acceptors (Lipinski definition) is 3. The number of ether oxygens (including phenoxy) is 1. The summed E-state index contributed by atoms with van der Waals surface area (Å²) in [5, 5.41) is 6.88. The van der Waals surface area contributed by atoms with Crippen molar-refractivity contribution in [2.45, 2.75) is 19.3 Å². The number of aromatic amines is 1. The van der Waals surface area contributed by atoms with Crippen LogP contribution in [0.2, 0.25) is 0 Å². The van der Waals surface area contributed by atoms with E-state index >= 15 is 0 Å². The number of carbonyl (C=O) groups is 1. The lowest BCUT2D eigenvalue weighted by Gasteiger charge is -2.14. The van der Waals surface area contributed by atoms with Gasteiger partial charge in [0.2, 0.25) is 0 Å². The molecule has 94 valence electrons. The standard InChI is InChI=1S/C14H16N2O2/c1-3-11(10-7-5-4-6-8-10)13-12(9-15-16-13)14(17)18-2/h4-9,11H,3H2,1-2H3,(H,15,16). The molecule has 0 saturated carbocycles. The molecule has 0 fully saturated rings. The van der Waals surface area contributed by atoms with Crippen LogP contribution in [0.5, 0.6) is 0 Å².